The van der Waals surface area contributed by atoms with Gasteiger partial charge in [-0.2, -0.15) is 4.99 Å². The van der Waals surface area contributed by atoms with Crippen LogP contribution in [-0.2, 0) is 5.66 Å². The maximum atomic E-state index is 4.60. The van der Waals surface area contributed by atoms with E-state index in [1.165, 1.54) is 0 Å². The second kappa shape index (κ2) is 4.47. The van der Waals surface area contributed by atoms with Crippen LogP contribution >= 0.6 is 0 Å². The first kappa shape index (κ1) is 12.1. The number of aromatic nitrogens is 3. The summed E-state index contributed by atoms with van der Waals surface area (Å²) in [6, 6.07) is 0. The molecule has 5 nitrogen and oxygen atoms in total. The van der Waals surface area contributed by atoms with Gasteiger partial charge in [-0.25, -0.2) is 0 Å². The van der Waals surface area contributed by atoms with Crippen LogP contribution < -0.4 is 0 Å². The van der Waals surface area contributed by atoms with Gasteiger partial charge in [-0.05, 0) is 19.8 Å². The Labute approximate surface area is 103 Å². The summed E-state index contributed by atoms with van der Waals surface area (Å²) in [5, 5.41) is 8.08. The van der Waals surface area contributed by atoms with Gasteiger partial charge in [0.15, 0.2) is 0 Å². The van der Waals surface area contributed by atoms with Crippen LogP contribution in [-0.4, -0.2) is 32.0 Å². The minimum absolute atomic E-state index is 0.0814. The fraction of sp³-hybridized carbons (Fsp3) is 0.750. The molecule has 0 saturated carbocycles. The van der Waals surface area contributed by atoms with Crippen molar-refractivity contribution < 1.29 is 0 Å². The van der Waals surface area contributed by atoms with E-state index in [2.05, 4.69) is 52.4 Å². The van der Waals surface area contributed by atoms with Crippen LogP contribution in [0.25, 0.3) is 0 Å². The highest BCUT2D eigenvalue weighted by Crippen LogP contribution is 2.34. The Hall–Kier alpha value is -1.39. The van der Waals surface area contributed by atoms with Gasteiger partial charge >= 0.3 is 0 Å². The smallest absolute Gasteiger partial charge is 0.254 e. The van der Waals surface area contributed by atoms with Gasteiger partial charge in [0.05, 0.1) is 0 Å². The van der Waals surface area contributed by atoms with E-state index >= 15 is 0 Å². The molecule has 1 aromatic rings. The number of aliphatic imine (C=N–C) groups is 1. The molecule has 94 valence electrons. The summed E-state index contributed by atoms with van der Waals surface area (Å²) in [6.07, 6.45) is 4.85. The van der Waals surface area contributed by atoms with Crippen molar-refractivity contribution in [3.63, 3.8) is 0 Å². The Morgan fingerprint density at radius 3 is 2.65 bits per heavy atom. The van der Waals surface area contributed by atoms with Crippen molar-refractivity contribution in [1.29, 1.82) is 0 Å². The van der Waals surface area contributed by atoms with Gasteiger partial charge < -0.3 is 4.90 Å². The summed E-state index contributed by atoms with van der Waals surface area (Å²) in [5.74, 6) is 1.86. The highest BCUT2D eigenvalue weighted by molar-refractivity contribution is 5.85. The second-order valence-electron chi connectivity index (χ2n) is 4.60. The molecule has 0 aliphatic carbocycles. The maximum absolute atomic E-state index is 4.60. The highest BCUT2D eigenvalue weighted by atomic mass is 15.5. The van der Waals surface area contributed by atoms with Crippen LogP contribution in [0.5, 0.6) is 0 Å². The Bertz CT molecular complexity index is 422. The molecular weight excluding hydrogens is 214 g/mol. The fourth-order valence-corrected chi connectivity index (χ4v) is 2.45. The topological polar surface area (TPSA) is 46.3 Å². The lowest BCUT2D eigenvalue weighted by atomic mass is 10.0. The zero-order valence-electron chi connectivity index (χ0n) is 11.1. The van der Waals surface area contributed by atoms with Crippen LogP contribution in [0.3, 0.4) is 0 Å². The molecule has 0 aromatic carbocycles. The molecule has 0 fully saturated rings. The highest BCUT2D eigenvalue weighted by Gasteiger charge is 2.38. The normalized spacial score (nSPS) is 23.5. The first-order valence-electron chi connectivity index (χ1n) is 6.43. The van der Waals surface area contributed by atoms with Crippen molar-refractivity contribution in [1.82, 2.24) is 19.7 Å². The largest absolute Gasteiger partial charge is 0.337 e. The van der Waals surface area contributed by atoms with Crippen LogP contribution in [0, 0.1) is 0 Å². The van der Waals surface area contributed by atoms with E-state index in [0.29, 0.717) is 0 Å². The van der Waals surface area contributed by atoms with E-state index in [0.717, 1.165) is 37.6 Å². The molecule has 1 aliphatic rings. The van der Waals surface area contributed by atoms with E-state index < -0.39 is 0 Å². The Morgan fingerprint density at radius 2 is 2.06 bits per heavy atom. The van der Waals surface area contributed by atoms with Crippen molar-refractivity contribution >= 4 is 11.8 Å². The minimum Gasteiger partial charge on any atom is -0.337 e. The lowest BCUT2D eigenvalue weighted by Gasteiger charge is -2.45. The van der Waals surface area contributed by atoms with Crippen molar-refractivity contribution in [2.75, 3.05) is 6.54 Å². The molecule has 1 aromatic heterocycles. The van der Waals surface area contributed by atoms with Gasteiger partial charge in [0, 0.05) is 13.0 Å². The lowest BCUT2D eigenvalue weighted by Crippen LogP contribution is -2.53. The predicted octanol–water partition coefficient (Wildman–Crippen LogP) is 2.53. The first-order chi connectivity index (χ1) is 8.17. The molecule has 0 amide bonds. The monoisotopic (exact) mass is 235 g/mol. The zero-order chi connectivity index (χ0) is 12.5. The van der Waals surface area contributed by atoms with Gasteiger partial charge in [-0.1, -0.05) is 20.8 Å². The number of hydrogen-bond acceptors (Lipinski definition) is 4. The van der Waals surface area contributed by atoms with Crippen LogP contribution in [0.4, 0.5) is 5.95 Å². The van der Waals surface area contributed by atoms with E-state index in [9.17, 15) is 0 Å². The van der Waals surface area contributed by atoms with E-state index in [-0.39, 0.29) is 5.66 Å². The average molecular weight is 235 g/mol. The van der Waals surface area contributed by atoms with E-state index in [1.807, 2.05) is 0 Å². The van der Waals surface area contributed by atoms with Crippen molar-refractivity contribution in [3.8, 4) is 0 Å². The van der Waals surface area contributed by atoms with Gasteiger partial charge in [-0.15, -0.1) is 10.2 Å². The van der Waals surface area contributed by atoms with Gasteiger partial charge in [0.1, 0.15) is 17.8 Å². The number of amidine groups is 1. The summed E-state index contributed by atoms with van der Waals surface area (Å²) in [4.78, 5) is 6.99. The Balaban J connectivity index is 2.51. The molecule has 0 radical (unpaired) electrons. The molecule has 5 heteroatoms. The summed E-state index contributed by atoms with van der Waals surface area (Å²) in [6.45, 7) is 9.80. The van der Waals surface area contributed by atoms with Crippen molar-refractivity contribution in [3.05, 3.63) is 6.33 Å². The van der Waals surface area contributed by atoms with Crippen molar-refractivity contribution in [2.45, 2.75) is 52.6 Å². The second-order valence-corrected chi connectivity index (χ2v) is 4.60. The molecule has 0 saturated heterocycles. The Kier molecular flexibility index (Phi) is 3.17. The van der Waals surface area contributed by atoms with Crippen LogP contribution in [0.2, 0.25) is 0 Å². The molecule has 0 N–H and O–H groups in total. The first-order valence-corrected chi connectivity index (χ1v) is 6.43. The number of fused-ring (bicyclic) bond motifs is 1. The predicted molar refractivity (Wildman–Crippen MR) is 68.3 cm³/mol. The number of nitrogens with zero attached hydrogens (tertiary/aromatic N) is 5. The molecule has 0 bridgehead atoms. The SMILES string of the molecule is CCCN1C(CC)=Nc2nncn2C1(C)CC. The molecule has 1 unspecified atom stereocenters. The minimum atomic E-state index is -0.0814. The van der Waals surface area contributed by atoms with E-state index in [1.54, 1.807) is 6.33 Å². The standard InChI is InChI=1S/C12H21N5/c1-5-8-16-10(6-2)14-11-15-13-9-17(11)12(16,4)7-3/h9H,5-8H2,1-4H3. The number of hydrogen-bond donors (Lipinski definition) is 0. The number of rotatable bonds is 4. The van der Waals surface area contributed by atoms with Crippen molar-refractivity contribution in [2.24, 2.45) is 4.99 Å². The van der Waals surface area contributed by atoms with Crippen LogP contribution in [0.1, 0.15) is 47.0 Å². The third-order valence-electron chi connectivity index (χ3n) is 3.60. The molecule has 2 rings (SSSR count). The summed E-state index contributed by atoms with van der Waals surface area (Å²) in [5.41, 5.74) is -0.0814. The maximum Gasteiger partial charge on any atom is 0.254 e. The van der Waals surface area contributed by atoms with Gasteiger partial charge in [0.25, 0.3) is 5.95 Å². The average Bonchev–Trinajstić information content (AvgIpc) is 2.81. The fourth-order valence-electron chi connectivity index (χ4n) is 2.45. The summed E-state index contributed by atoms with van der Waals surface area (Å²) < 4.78 is 2.09. The third-order valence-corrected chi connectivity index (χ3v) is 3.60. The summed E-state index contributed by atoms with van der Waals surface area (Å²) in [7, 11) is 0. The van der Waals surface area contributed by atoms with Gasteiger partial charge in [0.2, 0.25) is 0 Å². The van der Waals surface area contributed by atoms with Crippen LogP contribution in [0.15, 0.2) is 11.3 Å². The lowest BCUT2D eigenvalue weighted by molar-refractivity contribution is 0.0928. The van der Waals surface area contributed by atoms with E-state index in [4.69, 9.17) is 0 Å². The molecule has 1 atom stereocenters. The van der Waals surface area contributed by atoms with Gasteiger partial charge in [-0.3, -0.25) is 4.57 Å². The molecule has 0 spiro atoms. The molecule has 2 heterocycles. The molecule has 17 heavy (non-hydrogen) atoms. The third kappa shape index (κ3) is 1.73. The summed E-state index contributed by atoms with van der Waals surface area (Å²) >= 11 is 0. The molecular formula is C12H21N5. The quantitative estimate of drug-likeness (QED) is 0.805. The molecule has 1 aliphatic heterocycles. The Morgan fingerprint density at radius 1 is 1.29 bits per heavy atom. The zero-order valence-corrected chi connectivity index (χ0v) is 11.1.